The topological polar surface area (TPSA) is 53.1 Å². The van der Waals surface area contributed by atoms with E-state index < -0.39 is 0 Å². The van der Waals surface area contributed by atoms with Crippen molar-refractivity contribution in [1.29, 1.82) is 0 Å². The molecule has 0 saturated heterocycles. The summed E-state index contributed by atoms with van der Waals surface area (Å²) in [6.07, 6.45) is 0. The summed E-state index contributed by atoms with van der Waals surface area (Å²) in [5.41, 5.74) is 8.20. The van der Waals surface area contributed by atoms with Crippen LogP contribution in [0.25, 0.3) is 0 Å². The van der Waals surface area contributed by atoms with Crippen molar-refractivity contribution in [2.24, 2.45) is 12.8 Å². The van der Waals surface area contributed by atoms with Crippen LogP contribution in [0.5, 0.6) is 11.6 Å². The molecule has 0 fully saturated rings. The van der Waals surface area contributed by atoms with Crippen molar-refractivity contribution >= 4 is 33.1 Å². The van der Waals surface area contributed by atoms with Gasteiger partial charge in [0, 0.05) is 11.5 Å². The van der Waals surface area contributed by atoms with Crippen molar-refractivity contribution in [3.63, 3.8) is 0 Å². The number of hydrogen-bond donors (Lipinski definition) is 1. The van der Waals surface area contributed by atoms with Crippen LogP contribution in [0.3, 0.4) is 0 Å². The Morgan fingerprint density at radius 1 is 1.42 bits per heavy atom. The van der Waals surface area contributed by atoms with Crippen LogP contribution < -0.4 is 10.5 Å². The zero-order chi connectivity index (χ0) is 14.2. The fourth-order valence-electron chi connectivity index (χ4n) is 1.83. The van der Waals surface area contributed by atoms with Gasteiger partial charge in [0.2, 0.25) is 5.88 Å². The van der Waals surface area contributed by atoms with Crippen molar-refractivity contribution in [3.05, 3.63) is 39.5 Å². The van der Waals surface area contributed by atoms with E-state index in [-0.39, 0.29) is 4.99 Å². The Bertz CT molecular complexity index is 652. The van der Waals surface area contributed by atoms with Crippen LogP contribution >= 0.6 is 28.1 Å². The standard InChI is InChI=1S/C13H14BrN3OS/c1-7-4-5-9(14)6-10(7)18-13-11(12(15)19)8(2)16-17(13)3/h4-6H,1-3H3,(H2,15,19). The maximum Gasteiger partial charge on any atom is 0.228 e. The van der Waals surface area contributed by atoms with Gasteiger partial charge in [0.15, 0.2) is 0 Å². The predicted octanol–water partition coefficient (Wildman–Crippen LogP) is 3.23. The van der Waals surface area contributed by atoms with Crippen LogP contribution in [0, 0.1) is 13.8 Å². The van der Waals surface area contributed by atoms with Crippen LogP contribution in [0.15, 0.2) is 22.7 Å². The third kappa shape index (κ3) is 2.79. The highest BCUT2D eigenvalue weighted by atomic mass is 79.9. The zero-order valence-corrected chi connectivity index (χ0v) is 13.3. The van der Waals surface area contributed by atoms with Crippen molar-refractivity contribution in [2.45, 2.75) is 13.8 Å². The first-order valence-electron chi connectivity index (χ1n) is 5.67. The lowest BCUT2D eigenvalue weighted by Crippen LogP contribution is -2.11. The number of aryl methyl sites for hydroxylation is 3. The average Bonchev–Trinajstić information content (AvgIpc) is 2.59. The molecule has 0 saturated carbocycles. The molecule has 0 atom stereocenters. The summed E-state index contributed by atoms with van der Waals surface area (Å²) in [5.74, 6) is 1.31. The molecule has 1 heterocycles. The minimum absolute atomic E-state index is 0.285. The zero-order valence-electron chi connectivity index (χ0n) is 10.9. The van der Waals surface area contributed by atoms with Crippen LogP contribution in [0.1, 0.15) is 16.8 Å². The maximum absolute atomic E-state index is 5.94. The second-order valence-corrected chi connectivity index (χ2v) is 5.62. The molecule has 0 amide bonds. The van der Waals surface area contributed by atoms with Gasteiger partial charge in [-0.25, -0.2) is 4.68 Å². The van der Waals surface area contributed by atoms with Gasteiger partial charge in [-0.3, -0.25) is 0 Å². The van der Waals surface area contributed by atoms with Gasteiger partial charge in [0.05, 0.1) is 11.3 Å². The quantitative estimate of drug-likeness (QED) is 0.872. The number of nitrogens with zero attached hydrogens (tertiary/aromatic N) is 2. The third-order valence-electron chi connectivity index (χ3n) is 2.77. The van der Waals surface area contributed by atoms with Gasteiger partial charge >= 0.3 is 0 Å². The molecule has 0 spiro atoms. The van der Waals surface area contributed by atoms with Crippen molar-refractivity contribution in [2.75, 3.05) is 0 Å². The summed E-state index contributed by atoms with van der Waals surface area (Å²) in [5, 5.41) is 4.29. The SMILES string of the molecule is Cc1ccc(Br)cc1Oc1c(C(N)=S)c(C)nn1C. The van der Waals surface area contributed by atoms with Crippen LogP contribution in [-0.4, -0.2) is 14.8 Å². The number of nitrogens with two attached hydrogens (primary N) is 1. The Hall–Kier alpha value is -1.40. The molecule has 0 unspecified atom stereocenters. The average molecular weight is 340 g/mol. The molecular weight excluding hydrogens is 326 g/mol. The van der Waals surface area contributed by atoms with E-state index in [9.17, 15) is 0 Å². The lowest BCUT2D eigenvalue weighted by Gasteiger charge is -2.10. The molecule has 2 aromatic rings. The summed E-state index contributed by atoms with van der Waals surface area (Å²) in [4.78, 5) is 0.285. The van der Waals surface area contributed by atoms with Gasteiger partial charge in [-0.2, -0.15) is 5.10 Å². The van der Waals surface area contributed by atoms with Crippen molar-refractivity contribution in [3.8, 4) is 11.6 Å². The predicted molar refractivity (Wildman–Crippen MR) is 82.8 cm³/mol. The highest BCUT2D eigenvalue weighted by Crippen LogP contribution is 2.31. The van der Waals surface area contributed by atoms with E-state index in [0.717, 1.165) is 21.5 Å². The fourth-order valence-corrected chi connectivity index (χ4v) is 2.40. The molecule has 1 aromatic heterocycles. The lowest BCUT2D eigenvalue weighted by molar-refractivity contribution is 0.427. The summed E-state index contributed by atoms with van der Waals surface area (Å²) in [6, 6.07) is 5.84. The first kappa shape index (κ1) is 14.0. The molecule has 1 aromatic carbocycles. The number of rotatable bonds is 3. The van der Waals surface area contributed by atoms with E-state index in [4.69, 9.17) is 22.7 Å². The van der Waals surface area contributed by atoms with Gasteiger partial charge in [0.1, 0.15) is 10.7 Å². The number of hydrogen-bond acceptors (Lipinski definition) is 3. The Morgan fingerprint density at radius 2 is 2.11 bits per heavy atom. The van der Waals surface area contributed by atoms with E-state index in [2.05, 4.69) is 21.0 Å². The molecule has 19 heavy (non-hydrogen) atoms. The van der Waals surface area contributed by atoms with E-state index in [0.29, 0.717) is 11.4 Å². The van der Waals surface area contributed by atoms with Crippen LogP contribution in [0.2, 0.25) is 0 Å². The Balaban J connectivity index is 2.49. The number of aromatic nitrogens is 2. The molecule has 4 nitrogen and oxygen atoms in total. The summed E-state index contributed by atoms with van der Waals surface area (Å²) >= 11 is 8.49. The van der Waals surface area contributed by atoms with Crippen molar-refractivity contribution in [1.82, 2.24) is 9.78 Å². The van der Waals surface area contributed by atoms with E-state index in [1.807, 2.05) is 32.0 Å². The number of ether oxygens (including phenoxy) is 1. The first-order valence-corrected chi connectivity index (χ1v) is 6.87. The highest BCUT2D eigenvalue weighted by molar-refractivity contribution is 9.10. The molecule has 0 radical (unpaired) electrons. The van der Waals surface area contributed by atoms with E-state index >= 15 is 0 Å². The van der Waals surface area contributed by atoms with Gasteiger partial charge in [-0.05, 0) is 31.5 Å². The molecule has 100 valence electrons. The van der Waals surface area contributed by atoms with E-state index in [1.165, 1.54) is 0 Å². The van der Waals surface area contributed by atoms with Gasteiger partial charge in [-0.1, -0.05) is 34.2 Å². The minimum Gasteiger partial charge on any atom is -0.438 e. The van der Waals surface area contributed by atoms with Crippen LogP contribution in [-0.2, 0) is 7.05 Å². The monoisotopic (exact) mass is 339 g/mol. The smallest absolute Gasteiger partial charge is 0.228 e. The molecule has 0 aliphatic carbocycles. The number of halogens is 1. The number of benzene rings is 1. The van der Waals surface area contributed by atoms with E-state index in [1.54, 1.807) is 11.7 Å². The van der Waals surface area contributed by atoms with Crippen molar-refractivity contribution < 1.29 is 4.74 Å². The molecule has 0 aliphatic heterocycles. The third-order valence-corrected chi connectivity index (χ3v) is 3.47. The Kier molecular flexibility index (Phi) is 3.91. The molecule has 0 aliphatic rings. The molecule has 6 heteroatoms. The Labute approximate surface area is 125 Å². The van der Waals surface area contributed by atoms with Crippen LogP contribution in [0.4, 0.5) is 0 Å². The highest BCUT2D eigenvalue weighted by Gasteiger charge is 2.18. The summed E-state index contributed by atoms with van der Waals surface area (Å²) in [7, 11) is 1.80. The summed E-state index contributed by atoms with van der Waals surface area (Å²) in [6.45, 7) is 3.83. The van der Waals surface area contributed by atoms with Gasteiger partial charge < -0.3 is 10.5 Å². The lowest BCUT2D eigenvalue weighted by atomic mass is 10.2. The largest absolute Gasteiger partial charge is 0.438 e. The second-order valence-electron chi connectivity index (χ2n) is 4.27. The molecule has 2 N–H and O–H groups in total. The first-order chi connectivity index (χ1) is 8.90. The molecule has 0 bridgehead atoms. The van der Waals surface area contributed by atoms with Gasteiger partial charge in [0.25, 0.3) is 0 Å². The maximum atomic E-state index is 5.94. The van der Waals surface area contributed by atoms with Gasteiger partial charge in [-0.15, -0.1) is 0 Å². The molecule has 2 rings (SSSR count). The normalized spacial score (nSPS) is 10.5. The summed E-state index contributed by atoms with van der Waals surface area (Å²) < 4.78 is 8.53. The fraction of sp³-hybridized carbons (Fsp3) is 0.231. The molecular formula is C13H14BrN3OS. The second kappa shape index (κ2) is 5.30. The minimum atomic E-state index is 0.285. The Morgan fingerprint density at radius 3 is 2.74 bits per heavy atom. The number of thiocarbonyl (C=S) groups is 1.